The summed E-state index contributed by atoms with van der Waals surface area (Å²) < 4.78 is 0. The summed E-state index contributed by atoms with van der Waals surface area (Å²) in [6.45, 7) is 8.05. The van der Waals surface area contributed by atoms with E-state index in [-0.39, 0.29) is 11.6 Å². The number of anilines is 1. The zero-order valence-corrected chi connectivity index (χ0v) is 22.6. The highest BCUT2D eigenvalue weighted by atomic mass is 16.1. The molecule has 2 aromatic carbocycles. The zero-order chi connectivity index (χ0) is 27.3. The van der Waals surface area contributed by atoms with E-state index in [0.717, 1.165) is 67.6 Å². The number of hydrogen-bond donors (Lipinski definition) is 2. The molecule has 6 rings (SSSR count). The minimum absolute atomic E-state index is 0.129. The maximum absolute atomic E-state index is 12.5. The van der Waals surface area contributed by atoms with Crippen molar-refractivity contribution in [2.75, 3.05) is 44.2 Å². The molecule has 2 N–H and O–H groups in total. The molecule has 202 valence electrons. The van der Waals surface area contributed by atoms with E-state index in [9.17, 15) is 4.79 Å². The van der Waals surface area contributed by atoms with Gasteiger partial charge in [-0.1, -0.05) is 54.6 Å². The molecule has 1 unspecified atom stereocenters. The fraction of sp³-hybridized carbons (Fsp3) is 0.250. The molecule has 40 heavy (non-hydrogen) atoms. The van der Waals surface area contributed by atoms with Crippen LogP contribution >= 0.6 is 0 Å². The number of aromatic amines is 1. The van der Waals surface area contributed by atoms with Crippen LogP contribution in [0, 0.1) is 0 Å². The van der Waals surface area contributed by atoms with E-state index in [1.165, 1.54) is 5.56 Å². The topological polar surface area (TPSA) is 90.0 Å². The quantitative estimate of drug-likeness (QED) is 0.304. The minimum Gasteiger partial charge on any atom is -0.338 e. The number of H-pyrrole nitrogens is 1. The molecule has 1 aliphatic heterocycles. The Morgan fingerprint density at radius 3 is 2.40 bits per heavy atom. The molecule has 8 nitrogen and oxygen atoms in total. The van der Waals surface area contributed by atoms with Crippen LogP contribution in [0.2, 0.25) is 0 Å². The molecule has 0 radical (unpaired) electrons. The van der Waals surface area contributed by atoms with Gasteiger partial charge >= 0.3 is 0 Å². The van der Waals surface area contributed by atoms with E-state index in [1.807, 2.05) is 36.4 Å². The number of rotatable bonds is 8. The molecule has 3 aromatic heterocycles. The van der Waals surface area contributed by atoms with Gasteiger partial charge in [0.15, 0.2) is 0 Å². The average Bonchev–Trinajstić information content (AvgIpc) is 3.02. The summed E-state index contributed by atoms with van der Waals surface area (Å²) in [4.78, 5) is 33.7. The Morgan fingerprint density at radius 1 is 0.900 bits per heavy atom. The molecule has 1 saturated heterocycles. The standard InChI is InChI=1S/C32H33N7O/c1-23(33-16-17-38-18-20-39(21-19-38)32-35-13-5-14-36-32)24-8-10-26(11-9-24)30-27(25-6-3-2-4-7-25)22-28-29(37-30)12-15-34-31(28)40/h2-15,22-23,33H,16-21H2,1H3,(H,34,40). The van der Waals surface area contributed by atoms with Crippen LogP contribution in [0.25, 0.3) is 33.3 Å². The van der Waals surface area contributed by atoms with Crippen molar-refractivity contribution in [1.82, 2.24) is 30.2 Å². The smallest absolute Gasteiger partial charge is 0.257 e. The minimum atomic E-state index is -0.129. The number of nitrogens with one attached hydrogen (secondary N) is 2. The Balaban J connectivity index is 1.11. The van der Waals surface area contributed by atoms with Crippen LogP contribution in [0.4, 0.5) is 5.95 Å². The van der Waals surface area contributed by atoms with Crippen LogP contribution in [0.5, 0.6) is 0 Å². The number of hydrogen-bond acceptors (Lipinski definition) is 7. The second-order valence-corrected chi connectivity index (χ2v) is 10.2. The number of nitrogens with zero attached hydrogens (tertiary/aromatic N) is 5. The third-order valence-electron chi connectivity index (χ3n) is 7.61. The summed E-state index contributed by atoms with van der Waals surface area (Å²) in [7, 11) is 0. The molecule has 0 amide bonds. The predicted molar refractivity (Wildman–Crippen MR) is 160 cm³/mol. The van der Waals surface area contributed by atoms with E-state index < -0.39 is 0 Å². The zero-order valence-electron chi connectivity index (χ0n) is 22.6. The lowest BCUT2D eigenvalue weighted by Crippen LogP contribution is -2.48. The fourth-order valence-electron chi connectivity index (χ4n) is 5.28. The van der Waals surface area contributed by atoms with Crippen LogP contribution < -0.4 is 15.8 Å². The van der Waals surface area contributed by atoms with Gasteiger partial charge in [0, 0.05) is 75.0 Å². The summed E-state index contributed by atoms with van der Waals surface area (Å²) in [6, 6.07) is 24.6. The van der Waals surface area contributed by atoms with Crippen LogP contribution in [0.3, 0.4) is 0 Å². The van der Waals surface area contributed by atoms with Gasteiger partial charge in [-0.2, -0.15) is 0 Å². The van der Waals surface area contributed by atoms with E-state index in [0.29, 0.717) is 10.9 Å². The highest BCUT2D eigenvalue weighted by Crippen LogP contribution is 2.33. The fourth-order valence-corrected chi connectivity index (χ4v) is 5.28. The average molecular weight is 532 g/mol. The molecule has 5 aromatic rings. The van der Waals surface area contributed by atoms with Crippen LogP contribution in [0.1, 0.15) is 18.5 Å². The van der Waals surface area contributed by atoms with E-state index >= 15 is 0 Å². The Labute approximate surface area is 233 Å². The molecule has 8 heteroatoms. The van der Waals surface area contributed by atoms with Crippen LogP contribution in [-0.2, 0) is 0 Å². The summed E-state index contributed by atoms with van der Waals surface area (Å²) >= 11 is 0. The predicted octanol–water partition coefficient (Wildman–Crippen LogP) is 4.52. The van der Waals surface area contributed by atoms with Crippen molar-refractivity contribution in [2.45, 2.75) is 13.0 Å². The highest BCUT2D eigenvalue weighted by molar-refractivity contribution is 5.91. The van der Waals surface area contributed by atoms with Gasteiger partial charge in [-0.25, -0.2) is 15.0 Å². The Bertz CT molecular complexity index is 1610. The highest BCUT2D eigenvalue weighted by Gasteiger charge is 2.19. The molecule has 0 bridgehead atoms. The molecular formula is C32H33N7O. The van der Waals surface area contributed by atoms with Gasteiger partial charge in [0.25, 0.3) is 5.56 Å². The largest absolute Gasteiger partial charge is 0.338 e. The number of aromatic nitrogens is 4. The molecule has 1 atom stereocenters. The van der Waals surface area contributed by atoms with Crippen molar-refractivity contribution in [3.8, 4) is 22.4 Å². The molecule has 0 saturated carbocycles. The second-order valence-electron chi connectivity index (χ2n) is 10.2. The normalized spacial score (nSPS) is 14.9. The summed E-state index contributed by atoms with van der Waals surface area (Å²) in [6.07, 6.45) is 5.25. The van der Waals surface area contributed by atoms with Gasteiger partial charge in [0.05, 0.1) is 16.6 Å². The number of pyridine rings is 2. The van der Waals surface area contributed by atoms with Gasteiger partial charge in [-0.15, -0.1) is 0 Å². The molecule has 4 heterocycles. The van der Waals surface area contributed by atoms with Crippen molar-refractivity contribution < 1.29 is 0 Å². The van der Waals surface area contributed by atoms with Crippen molar-refractivity contribution >= 4 is 16.9 Å². The number of fused-ring (bicyclic) bond motifs is 1. The van der Waals surface area contributed by atoms with Crippen molar-refractivity contribution in [2.24, 2.45) is 0 Å². The molecule has 0 aliphatic carbocycles. The van der Waals surface area contributed by atoms with Gasteiger partial charge in [0.2, 0.25) is 5.95 Å². The van der Waals surface area contributed by atoms with Crippen molar-refractivity contribution in [1.29, 1.82) is 0 Å². The molecular weight excluding hydrogens is 498 g/mol. The summed E-state index contributed by atoms with van der Waals surface area (Å²) in [5.41, 5.74) is 5.67. The first-order valence-corrected chi connectivity index (χ1v) is 13.8. The Morgan fingerprint density at radius 2 is 1.65 bits per heavy atom. The van der Waals surface area contributed by atoms with Crippen LogP contribution in [-0.4, -0.2) is 64.1 Å². The van der Waals surface area contributed by atoms with Gasteiger partial charge in [-0.05, 0) is 36.2 Å². The Hall–Kier alpha value is -4.40. The lowest BCUT2D eigenvalue weighted by molar-refractivity contribution is 0.253. The van der Waals surface area contributed by atoms with Crippen LogP contribution in [0.15, 0.2) is 96.2 Å². The third-order valence-corrected chi connectivity index (χ3v) is 7.61. The number of piperazine rings is 1. The van der Waals surface area contributed by atoms with Crippen molar-refractivity contribution in [3.05, 3.63) is 107 Å². The SMILES string of the molecule is CC(NCCN1CCN(c2ncccn2)CC1)c1ccc(-c2nc3cc[nH]c(=O)c3cc2-c2ccccc2)cc1. The van der Waals surface area contributed by atoms with E-state index in [2.05, 4.69) is 73.4 Å². The molecule has 0 spiro atoms. The number of benzene rings is 2. The Kier molecular flexibility index (Phi) is 7.61. The first-order chi connectivity index (χ1) is 19.7. The summed E-state index contributed by atoms with van der Waals surface area (Å²) in [5.74, 6) is 0.820. The van der Waals surface area contributed by atoms with Gasteiger partial charge in [-0.3, -0.25) is 9.69 Å². The first-order valence-electron chi connectivity index (χ1n) is 13.8. The van der Waals surface area contributed by atoms with E-state index in [4.69, 9.17) is 4.98 Å². The van der Waals surface area contributed by atoms with E-state index in [1.54, 1.807) is 18.6 Å². The monoisotopic (exact) mass is 531 g/mol. The molecule has 1 aliphatic rings. The first kappa shape index (κ1) is 25.9. The molecule has 1 fully saturated rings. The van der Waals surface area contributed by atoms with Crippen molar-refractivity contribution in [3.63, 3.8) is 0 Å². The third kappa shape index (κ3) is 5.64. The maximum atomic E-state index is 12.5. The lowest BCUT2D eigenvalue weighted by atomic mass is 9.96. The lowest BCUT2D eigenvalue weighted by Gasteiger charge is -2.34. The van der Waals surface area contributed by atoms with Gasteiger partial charge in [0.1, 0.15) is 0 Å². The van der Waals surface area contributed by atoms with Gasteiger partial charge < -0.3 is 15.2 Å². The summed E-state index contributed by atoms with van der Waals surface area (Å²) in [5, 5.41) is 4.27. The maximum Gasteiger partial charge on any atom is 0.257 e. The second kappa shape index (κ2) is 11.8.